The highest BCUT2D eigenvalue weighted by molar-refractivity contribution is 5.77. The Morgan fingerprint density at radius 2 is 1.59 bits per heavy atom. The molecular weight excluding hydrogens is 276 g/mol. The molecule has 22 heavy (non-hydrogen) atoms. The second kappa shape index (κ2) is 7.84. The number of carbonyl (C=O) groups is 1. The highest BCUT2D eigenvalue weighted by atomic mass is 16.5. The van der Waals surface area contributed by atoms with Crippen molar-refractivity contribution < 1.29 is 9.53 Å². The molecule has 0 saturated heterocycles. The van der Waals surface area contributed by atoms with Crippen LogP contribution in [0, 0.1) is 11.3 Å². The number of rotatable bonds is 6. The molecule has 0 bridgehead atoms. The fourth-order valence-electron chi connectivity index (χ4n) is 1.94. The van der Waals surface area contributed by atoms with Crippen LogP contribution in [0.3, 0.4) is 0 Å². The van der Waals surface area contributed by atoms with E-state index in [0.717, 1.165) is 23.5 Å². The minimum atomic E-state index is -0.265. The lowest BCUT2D eigenvalue weighted by Crippen LogP contribution is -2.21. The number of nitriles is 1. The number of ether oxygens (including phenoxy) is 1. The van der Waals surface area contributed by atoms with Gasteiger partial charge in [0.15, 0.2) is 0 Å². The van der Waals surface area contributed by atoms with Gasteiger partial charge >= 0.3 is 0 Å². The molecule has 1 amide bonds. The monoisotopic (exact) mass is 294 g/mol. The molecule has 0 radical (unpaired) electrons. The Hall–Kier alpha value is -2.80. The lowest BCUT2D eigenvalue weighted by atomic mass is 10.2. The molecule has 0 aliphatic heterocycles. The molecule has 0 fully saturated rings. The smallest absolute Gasteiger partial charge is 0.234 e. The van der Waals surface area contributed by atoms with Crippen LogP contribution in [0.5, 0.6) is 11.5 Å². The maximum absolute atomic E-state index is 11.2. The summed E-state index contributed by atoms with van der Waals surface area (Å²) in [5.41, 5.74) is 2.23. The van der Waals surface area contributed by atoms with E-state index in [1.54, 1.807) is 0 Å². The van der Waals surface area contributed by atoms with E-state index in [4.69, 9.17) is 10.00 Å². The van der Waals surface area contributed by atoms with Crippen molar-refractivity contribution in [2.45, 2.75) is 26.3 Å². The zero-order valence-electron chi connectivity index (χ0n) is 12.5. The number of carbonyl (C=O) groups excluding carboxylic acids is 1. The molecule has 112 valence electrons. The molecule has 0 aliphatic rings. The summed E-state index contributed by atoms with van der Waals surface area (Å²) in [7, 11) is 0. The van der Waals surface area contributed by atoms with Crippen molar-refractivity contribution >= 4 is 5.91 Å². The van der Waals surface area contributed by atoms with Crippen LogP contribution in [0.2, 0.25) is 0 Å². The minimum absolute atomic E-state index is 0.116. The van der Waals surface area contributed by atoms with Crippen LogP contribution in [0.4, 0.5) is 0 Å². The normalized spacial score (nSPS) is 9.82. The summed E-state index contributed by atoms with van der Waals surface area (Å²) < 4.78 is 5.77. The van der Waals surface area contributed by atoms with Crippen LogP contribution in [-0.4, -0.2) is 5.91 Å². The quantitative estimate of drug-likeness (QED) is 0.886. The molecule has 0 aliphatic carbocycles. The summed E-state index contributed by atoms with van der Waals surface area (Å²) in [6, 6.07) is 17.3. The molecule has 1 N–H and O–H groups in total. The highest BCUT2D eigenvalue weighted by Crippen LogP contribution is 2.22. The Morgan fingerprint density at radius 1 is 1.05 bits per heavy atom. The van der Waals surface area contributed by atoms with E-state index in [-0.39, 0.29) is 12.3 Å². The Morgan fingerprint density at radius 3 is 2.09 bits per heavy atom. The van der Waals surface area contributed by atoms with Gasteiger partial charge in [0.05, 0.1) is 6.07 Å². The molecule has 4 nitrogen and oxygen atoms in total. The van der Waals surface area contributed by atoms with Gasteiger partial charge in [0, 0.05) is 6.54 Å². The molecule has 2 aromatic rings. The van der Waals surface area contributed by atoms with Gasteiger partial charge in [0.2, 0.25) is 5.91 Å². The van der Waals surface area contributed by atoms with Crippen molar-refractivity contribution in [3.8, 4) is 17.6 Å². The van der Waals surface area contributed by atoms with E-state index in [2.05, 4.69) is 24.4 Å². The summed E-state index contributed by atoms with van der Waals surface area (Å²) in [5.74, 6) is 1.28. The van der Waals surface area contributed by atoms with E-state index in [9.17, 15) is 4.79 Å². The van der Waals surface area contributed by atoms with Crippen LogP contribution in [0.1, 0.15) is 24.5 Å². The van der Waals surface area contributed by atoms with Gasteiger partial charge in [-0.1, -0.05) is 31.2 Å². The van der Waals surface area contributed by atoms with Crippen molar-refractivity contribution in [3.63, 3.8) is 0 Å². The topological polar surface area (TPSA) is 62.1 Å². The lowest BCUT2D eigenvalue weighted by Gasteiger charge is -2.08. The molecule has 0 saturated carbocycles. The Balaban J connectivity index is 1.91. The molecule has 0 atom stereocenters. The molecule has 0 aromatic heterocycles. The van der Waals surface area contributed by atoms with Gasteiger partial charge in [-0.15, -0.1) is 0 Å². The average molecular weight is 294 g/mol. The Labute approximate surface area is 130 Å². The van der Waals surface area contributed by atoms with Crippen molar-refractivity contribution in [2.24, 2.45) is 0 Å². The number of nitrogens with one attached hydrogen (secondary N) is 1. The second-order valence-electron chi connectivity index (χ2n) is 4.86. The largest absolute Gasteiger partial charge is 0.457 e. The van der Waals surface area contributed by atoms with Crippen molar-refractivity contribution in [3.05, 3.63) is 59.7 Å². The highest BCUT2D eigenvalue weighted by Gasteiger charge is 2.01. The summed E-state index contributed by atoms with van der Waals surface area (Å²) in [4.78, 5) is 11.2. The number of hydrogen-bond acceptors (Lipinski definition) is 3. The fourth-order valence-corrected chi connectivity index (χ4v) is 1.94. The molecule has 4 heteroatoms. The maximum atomic E-state index is 11.2. The van der Waals surface area contributed by atoms with Crippen LogP contribution in [-0.2, 0) is 17.8 Å². The standard InChI is InChI=1S/C18H18N2O2/c1-2-14-3-7-16(8-4-14)22-17-9-5-15(6-10-17)13-20-18(21)11-12-19/h3-10H,2,11,13H2,1H3,(H,20,21). The maximum Gasteiger partial charge on any atom is 0.234 e. The van der Waals surface area contributed by atoms with E-state index < -0.39 is 0 Å². The number of nitrogens with zero attached hydrogens (tertiary/aromatic N) is 1. The fraction of sp³-hybridized carbons (Fsp3) is 0.222. The van der Waals surface area contributed by atoms with Crippen molar-refractivity contribution in [1.29, 1.82) is 5.26 Å². The van der Waals surface area contributed by atoms with Crippen LogP contribution >= 0.6 is 0 Å². The van der Waals surface area contributed by atoms with Gasteiger partial charge in [0.1, 0.15) is 17.9 Å². The molecule has 0 heterocycles. The molecule has 0 spiro atoms. The first-order valence-electron chi connectivity index (χ1n) is 7.20. The van der Waals surface area contributed by atoms with Gasteiger partial charge < -0.3 is 10.1 Å². The van der Waals surface area contributed by atoms with Gasteiger partial charge in [-0.05, 0) is 41.8 Å². The Kier molecular flexibility index (Phi) is 5.56. The van der Waals surface area contributed by atoms with Crippen LogP contribution in [0.25, 0.3) is 0 Å². The molecule has 2 aromatic carbocycles. The summed E-state index contributed by atoms with van der Waals surface area (Å²) in [5, 5.41) is 11.1. The SMILES string of the molecule is CCc1ccc(Oc2ccc(CNC(=O)CC#N)cc2)cc1. The third-order valence-corrected chi connectivity index (χ3v) is 3.22. The van der Waals surface area contributed by atoms with Crippen LogP contribution < -0.4 is 10.1 Å². The predicted octanol–water partition coefficient (Wildman–Crippen LogP) is 3.57. The number of hydrogen-bond donors (Lipinski definition) is 1. The first-order valence-corrected chi connectivity index (χ1v) is 7.20. The first kappa shape index (κ1) is 15.6. The minimum Gasteiger partial charge on any atom is -0.457 e. The Bertz CT molecular complexity index is 655. The third kappa shape index (κ3) is 4.64. The zero-order valence-corrected chi connectivity index (χ0v) is 12.5. The van der Waals surface area contributed by atoms with Gasteiger partial charge in [0.25, 0.3) is 0 Å². The predicted molar refractivity (Wildman–Crippen MR) is 84.4 cm³/mol. The summed E-state index contributed by atoms with van der Waals surface area (Å²) in [6.07, 6.45) is 0.890. The second-order valence-corrected chi connectivity index (χ2v) is 4.86. The lowest BCUT2D eigenvalue weighted by molar-refractivity contribution is -0.120. The summed E-state index contributed by atoms with van der Waals surface area (Å²) in [6.45, 7) is 2.52. The molecule has 0 unspecified atom stereocenters. The third-order valence-electron chi connectivity index (χ3n) is 3.22. The zero-order chi connectivity index (χ0) is 15.8. The van der Waals surface area contributed by atoms with E-state index >= 15 is 0 Å². The molecule has 2 rings (SSSR count). The summed E-state index contributed by atoms with van der Waals surface area (Å²) >= 11 is 0. The van der Waals surface area contributed by atoms with Crippen molar-refractivity contribution in [1.82, 2.24) is 5.32 Å². The first-order chi connectivity index (χ1) is 10.7. The average Bonchev–Trinajstić information content (AvgIpc) is 2.55. The van der Waals surface area contributed by atoms with E-state index in [1.807, 2.05) is 42.5 Å². The van der Waals surface area contributed by atoms with Gasteiger partial charge in [-0.3, -0.25) is 4.79 Å². The van der Waals surface area contributed by atoms with Gasteiger partial charge in [-0.2, -0.15) is 5.26 Å². The number of aryl methyl sites for hydroxylation is 1. The molecular formula is C18H18N2O2. The van der Waals surface area contributed by atoms with Crippen LogP contribution in [0.15, 0.2) is 48.5 Å². The van der Waals surface area contributed by atoms with Crippen molar-refractivity contribution in [2.75, 3.05) is 0 Å². The van der Waals surface area contributed by atoms with E-state index in [0.29, 0.717) is 6.54 Å². The van der Waals surface area contributed by atoms with E-state index in [1.165, 1.54) is 5.56 Å². The van der Waals surface area contributed by atoms with Gasteiger partial charge in [-0.25, -0.2) is 0 Å². The number of amides is 1. The number of benzene rings is 2.